The number of benzene rings is 2. The first-order chi connectivity index (χ1) is 12.4. The van der Waals surface area contributed by atoms with Gasteiger partial charge in [-0.05, 0) is 24.3 Å². The highest BCUT2D eigenvalue weighted by Gasteiger charge is 2.30. The molecule has 9 heteroatoms. The average molecular weight is 378 g/mol. The second-order valence-corrected chi connectivity index (χ2v) is 7.32. The van der Waals surface area contributed by atoms with E-state index in [1.807, 2.05) is 0 Å². The van der Waals surface area contributed by atoms with Gasteiger partial charge in [-0.3, -0.25) is 9.10 Å². The molecule has 1 heterocycles. The van der Waals surface area contributed by atoms with Gasteiger partial charge in [0.25, 0.3) is 10.0 Å². The van der Waals surface area contributed by atoms with E-state index in [2.05, 4.69) is 0 Å². The summed E-state index contributed by atoms with van der Waals surface area (Å²) >= 11 is 0. The molecule has 1 amide bonds. The van der Waals surface area contributed by atoms with Gasteiger partial charge in [-0.25, -0.2) is 8.42 Å². The zero-order chi connectivity index (χ0) is 18.7. The van der Waals surface area contributed by atoms with Crippen molar-refractivity contribution in [3.63, 3.8) is 0 Å². The van der Waals surface area contributed by atoms with Crippen molar-refractivity contribution < 1.29 is 27.4 Å². The normalized spacial score (nSPS) is 13.1. The number of hydrogen-bond donors (Lipinski definition) is 1. The molecule has 0 saturated heterocycles. The van der Waals surface area contributed by atoms with Crippen LogP contribution < -0.4 is 24.2 Å². The van der Waals surface area contributed by atoms with Gasteiger partial charge in [-0.1, -0.05) is 12.1 Å². The number of sulfonamides is 1. The van der Waals surface area contributed by atoms with Crippen molar-refractivity contribution in [3.8, 4) is 17.2 Å². The van der Waals surface area contributed by atoms with E-state index >= 15 is 0 Å². The van der Waals surface area contributed by atoms with Gasteiger partial charge >= 0.3 is 0 Å². The molecule has 26 heavy (non-hydrogen) atoms. The van der Waals surface area contributed by atoms with Gasteiger partial charge in [0.1, 0.15) is 25.5 Å². The van der Waals surface area contributed by atoms with Crippen molar-refractivity contribution in [2.75, 3.05) is 31.2 Å². The largest absolute Gasteiger partial charge is 0.495 e. The van der Waals surface area contributed by atoms with Gasteiger partial charge in [0.2, 0.25) is 5.91 Å². The molecule has 0 fully saturated rings. The Morgan fingerprint density at radius 2 is 1.85 bits per heavy atom. The Hall–Kier alpha value is -2.94. The van der Waals surface area contributed by atoms with Crippen LogP contribution in [0.2, 0.25) is 0 Å². The Balaban J connectivity index is 2.09. The van der Waals surface area contributed by atoms with E-state index in [1.165, 1.54) is 31.4 Å². The Labute approximate surface area is 151 Å². The number of carbonyl (C=O) groups excluding carboxylic acids is 1. The van der Waals surface area contributed by atoms with Gasteiger partial charge < -0.3 is 19.9 Å². The summed E-state index contributed by atoms with van der Waals surface area (Å²) in [5, 5.41) is 0. The van der Waals surface area contributed by atoms with E-state index < -0.39 is 22.5 Å². The highest BCUT2D eigenvalue weighted by Crippen LogP contribution is 2.36. The molecule has 0 unspecified atom stereocenters. The lowest BCUT2D eigenvalue weighted by Crippen LogP contribution is -2.38. The fourth-order valence-corrected chi connectivity index (χ4v) is 4.05. The molecule has 2 aromatic rings. The molecule has 2 aromatic carbocycles. The van der Waals surface area contributed by atoms with Gasteiger partial charge in [0, 0.05) is 6.07 Å². The van der Waals surface area contributed by atoms with Gasteiger partial charge in [0.05, 0.1) is 17.7 Å². The fourth-order valence-electron chi connectivity index (χ4n) is 2.59. The number of methoxy groups -OCH3 is 1. The Bertz CT molecular complexity index is 929. The van der Waals surface area contributed by atoms with E-state index in [4.69, 9.17) is 19.9 Å². The van der Waals surface area contributed by atoms with Crippen LogP contribution in [-0.2, 0) is 14.8 Å². The van der Waals surface area contributed by atoms with Crippen LogP contribution in [0.15, 0.2) is 47.4 Å². The summed E-state index contributed by atoms with van der Waals surface area (Å²) in [5.41, 5.74) is 5.49. The minimum atomic E-state index is -4.10. The highest BCUT2D eigenvalue weighted by atomic mass is 32.2. The minimum absolute atomic E-state index is 0.0473. The number of nitrogens with two attached hydrogens (primary N) is 1. The number of primary amides is 1. The second-order valence-electron chi connectivity index (χ2n) is 5.46. The molecule has 8 nitrogen and oxygen atoms in total. The number of hydrogen-bond acceptors (Lipinski definition) is 6. The highest BCUT2D eigenvalue weighted by molar-refractivity contribution is 7.92. The van der Waals surface area contributed by atoms with Gasteiger partial charge in [0.15, 0.2) is 11.5 Å². The van der Waals surface area contributed by atoms with E-state index in [-0.39, 0.29) is 10.6 Å². The number of nitrogens with zero attached hydrogens (tertiary/aromatic N) is 1. The zero-order valence-corrected chi connectivity index (χ0v) is 14.9. The minimum Gasteiger partial charge on any atom is -0.495 e. The molecule has 0 radical (unpaired) electrons. The molecular formula is C17H18N2O6S. The number of carbonyl (C=O) groups is 1. The van der Waals surface area contributed by atoms with E-state index in [0.717, 1.165) is 4.31 Å². The zero-order valence-electron chi connectivity index (χ0n) is 14.0. The standard InChI is InChI=1S/C17H18N2O6S/c1-23-14-5-3-2-4-13(14)19(11-17(18)20)26(21,22)12-6-7-15-16(10-12)25-9-8-24-15/h2-7,10H,8-9,11H2,1H3,(H2,18,20). The molecule has 0 saturated carbocycles. The molecule has 0 atom stereocenters. The van der Waals surface area contributed by atoms with Crippen LogP contribution in [0.5, 0.6) is 17.2 Å². The fraction of sp³-hybridized carbons (Fsp3) is 0.235. The lowest BCUT2D eigenvalue weighted by Gasteiger charge is -2.25. The number of para-hydroxylation sites is 2. The van der Waals surface area contributed by atoms with Gasteiger partial charge in [-0.2, -0.15) is 0 Å². The van der Waals surface area contributed by atoms with Crippen molar-refractivity contribution >= 4 is 21.6 Å². The first-order valence-corrected chi connectivity index (χ1v) is 9.21. The topological polar surface area (TPSA) is 108 Å². The maximum Gasteiger partial charge on any atom is 0.265 e. The van der Waals surface area contributed by atoms with Gasteiger partial charge in [-0.15, -0.1) is 0 Å². The molecule has 1 aliphatic heterocycles. The summed E-state index contributed by atoms with van der Waals surface area (Å²) < 4.78 is 43.4. The van der Waals surface area contributed by atoms with Crippen LogP contribution in [0.4, 0.5) is 5.69 Å². The summed E-state index contributed by atoms with van der Waals surface area (Å²) in [6.07, 6.45) is 0. The van der Waals surface area contributed by atoms with Crippen LogP contribution in [0, 0.1) is 0 Å². The first-order valence-electron chi connectivity index (χ1n) is 7.77. The lowest BCUT2D eigenvalue weighted by atomic mass is 10.3. The van der Waals surface area contributed by atoms with Crippen molar-refractivity contribution in [2.24, 2.45) is 5.73 Å². The maximum atomic E-state index is 13.2. The Morgan fingerprint density at radius 3 is 2.54 bits per heavy atom. The van der Waals surface area contributed by atoms with Crippen LogP contribution >= 0.6 is 0 Å². The van der Waals surface area contributed by atoms with Crippen molar-refractivity contribution in [1.82, 2.24) is 0 Å². The number of amides is 1. The van der Waals surface area contributed by atoms with Crippen LogP contribution in [-0.4, -0.2) is 41.2 Å². The summed E-state index contributed by atoms with van der Waals surface area (Å²) in [7, 11) is -2.68. The van der Waals surface area contributed by atoms with E-state index in [0.29, 0.717) is 30.5 Å². The smallest absolute Gasteiger partial charge is 0.265 e. The van der Waals surface area contributed by atoms with E-state index in [9.17, 15) is 13.2 Å². The number of fused-ring (bicyclic) bond motifs is 1. The number of anilines is 1. The van der Waals surface area contributed by atoms with Crippen molar-refractivity contribution in [1.29, 1.82) is 0 Å². The summed E-state index contributed by atoms with van der Waals surface area (Å²) in [5.74, 6) is 0.303. The molecule has 0 spiro atoms. The van der Waals surface area contributed by atoms with E-state index in [1.54, 1.807) is 18.2 Å². The molecule has 0 bridgehead atoms. The SMILES string of the molecule is COc1ccccc1N(CC(N)=O)S(=O)(=O)c1ccc2c(c1)OCCO2. The van der Waals surface area contributed by atoms with Crippen LogP contribution in [0.1, 0.15) is 0 Å². The number of rotatable bonds is 6. The second kappa shape index (κ2) is 7.12. The molecule has 0 aromatic heterocycles. The van der Waals surface area contributed by atoms with Crippen LogP contribution in [0.25, 0.3) is 0 Å². The molecule has 138 valence electrons. The first kappa shape index (κ1) is 17.9. The summed E-state index contributed by atoms with van der Waals surface area (Å²) in [4.78, 5) is 11.5. The third-order valence-corrected chi connectivity index (χ3v) is 5.51. The van der Waals surface area contributed by atoms with Crippen molar-refractivity contribution in [2.45, 2.75) is 4.90 Å². The molecule has 2 N–H and O–H groups in total. The third-order valence-electron chi connectivity index (χ3n) is 3.75. The van der Waals surface area contributed by atoms with Crippen LogP contribution in [0.3, 0.4) is 0 Å². The average Bonchev–Trinajstić information content (AvgIpc) is 2.65. The maximum absolute atomic E-state index is 13.2. The quantitative estimate of drug-likeness (QED) is 0.808. The predicted molar refractivity (Wildman–Crippen MR) is 94.2 cm³/mol. The Morgan fingerprint density at radius 1 is 1.15 bits per heavy atom. The molecule has 0 aliphatic carbocycles. The summed E-state index contributed by atoms with van der Waals surface area (Å²) in [6, 6.07) is 10.8. The molecule has 1 aliphatic rings. The lowest BCUT2D eigenvalue weighted by molar-refractivity contribution is -0.116. The molecule has 3 rings (SSSR count). The monoisotopic (exact) mass is 378 g/mol. The Kier molecular flexibility index (Phi) is 4.90. The third kappa shape index (κ3) is 3.38. The molecular weight excluding hydrogens is 360 g/mol. The number of ether oxygens (including phenoxy) is 3. The summed E-state index contributed by atoms with van der Waals surface area (Å²) in [6.45, 7) is 0.194. The predicted octanol–water partition coefficient (Wildman–Crippen LogP) is 1.15. The van der Waals surface area contributed by atoms with Crippen molar-refractivity contribution in [3.05, 3.63) is 42.5 Å².